The van der Waals surface area contributed by atoms with Gasteiger partial charge in [-0.25, -0.2) is 4.79 Å². The van der Waals surface area contributed by atoms with E-state index in [2.05, 4.69) is 15.6 Å². The van der Waals surface area contributed by atoms with Crippen LogP contribution < -0.4 is 10.6 Å². The van der Waals surface area contributed by atoms with Crippen molar-refractivity contribution in [1.29, 1.82) is 0 Å². The number of amides is 4. The van der Waals surface area contributed by atoms with Crippen molar-refractivity contribution < 1.29 is 14.4 Å². The molecule has 0 bridgehead atoms. The number of hydrogen-bond donors (Lipinski definition) is 3. The van der Waals surface area contributed by atoms with Gasteiger partial charge in [-0.1, -0.05) is 11.6 Å². The molecule has 20 heavy (non-hydrogen) atoms. The molecule has 1 atom stereocenters. The van der Waals surface area contributed by atoms with E-state index in [0.717, 1.165) is 0 Å². The van der Waals surface area contributed by atoms with Gasteiger partial charge >= 0.3 is 6.03 Å². The van der Waals surface area contributed by atoms with Gasteiger partial charge in [0.2, 0.25) is 0 Å². The maximum Gasteiger partial charge on any atom is 0.322 e. The zero-order valence-corrected chi connectivity index (χ0v) is 11.3. The zero-order chi connectivity index (χ0) is 14.3. The number of halogens is 1. The van der Waals surface area contributed by atoms with Crippen LogP contribution in [0.25, 0.3) is 0 Å². The van der Waals surface area contributed by atoms with E-state index in [0.29, 0.717) is 30.1 Å². The van der Waals surface area contributed by atoms with E-state index in [-0.39, 0.29) is 18.4 Å². The van der Waals surface area contributed by atoms with E-state index < -0.39 is 11.6 Å². The molecular weight excluding hydrogens is 284 g/mol. The second-order valence-corrected chi connectivity index (χ2v) is 5.49. The topological polar surface area (TPSA) is 94.3 Å². The first-order chi connectivity index (χ1) is 9.50. The van der Waals surface area contributed by atoms with E-state index in [9.17, 15) is 14.4 Å². The van der Waals surface area contributed by atoms with Gasteiger partial charge < -0.3 is 15.2 Å². The number of aromatic nitrogens is 1. The van der Waals surface area contributed by atoms with E-state index in [1.165, 1.54) is 6.20 Å². The average molecular weight is 297 g/mol. The summed E-state index contributed by atoms with van der Waals surface area (Å²) in [5, 5.41) is 5.31. The highest BCUT2D eigenvalue weighted by molar-refractivity contribution is 6.31. The summed E-state index contributed by atoms with van der Waals surface area (Å²) in [6.07, 6.45) is 2.70. The number of H-pyrrole nitrogens is 1. The minimum atomic E-state index is -0.999. The Balaban J connectivity index is 1.80. The van der Waals surface area contributed by atoms with Crippen LogP contribution in [-0.2, 0) is 4.79 Å². The summed E-state index contributed by atoms with van der Waals surface area (Å²) < 4.78 is 0. The number of aromatic amines is 1. The van der Waals surface area contributed by atoms with Crippen molar-refractivity contribution in [3.8, 4) is 0 Å². The standard InChI is InChI=1S/C12H13ClN4O3/c13-7-4-8(14-5-7)9(18)17-3-1-2-12(6-17)10(19)15-11(20)16-12/h4-5,14H,1-3,6H2,(H2,15,16,19,20). The number of carbonyl (C=O) groups is 3. The molecule has 2 fully saturated rings. The highest BCUT2D eigenvalue weighted by Crippen LogP contribution is 2.25. The van der Waals surface area contributed by atoms with Crippen molar-refractivity contribution in [3.05, 3.63) is 23.0 Å². The van der Waals surface area contributed by atoms with Crippen LogP contribution >= 0.6 is 11.6 Å². The number of rotatable bonds is 1. The molecule has 7 nitrogen and oxygen atoms in total. The summed E-state index contributed by atoms with van der Waals surface area (Å²) in [6, 6.07) is 1.03. The van der Waals surface area contributed by atoms with Crippen LogP contribution in [0.1, 0.15) is 23.3 Å². The Hall–Kier alpha value is -2.02. The Morgan fingerprint density at radius 1 is 1.40 bits per heavy atom. The smallest absolute Gasteiger partial charge is 0.322 e. The van der Waals surface area contributed by atoms with Crippen molar-refractivity contribution in [1.82, 2.24) is 20.5 Å². The Labute approximate surface area is 119 Å². The molecule has 4 amide bonds. The molecule has 106 valence electrons. The van der Waals surface area contributed by atoms with Crippen LogP contribution in [-0.4, -0.2) is 46.4 Å². The summed E-state index contributed by atoms with van der Waals surface area (Å²) in [4.78, 5) is 39.9. The number of nitrogens with one attached hydrogen (secondary N) is 3. The molecule has 0 radical (unpaired) electrons. The normalized spacial score (nSPS) is 25.8. The Morgan fingerprint density at radius 3 is 2.80 bits per heavy atom. The SMILES string of the molecule is O=C1NC(=O)C2(CCCN(C(=O)c3cc(Cl)c[nH]3)C2)N1. The van der Waals surface area contributed by atoms with Crippen LogP contribution in [0.15, 0.2) is 12.3 Å². The zero-order valence-electron chi connectivity index (χ0n) is 10.5. The molecule has 1 aromatic heterocycles. The number of hydrogen-bond acceptors (Lipinski definition) is 3. The van der Waals surface area contributed by atoms with Gasteiger partial charge in [0.25, 0.3) is 11.8 Å². The molecular formula is C12H13ClN4O3. The van der Waals surface area contributed by atoms with Crippen molar-refractivity contribution in [2.45, 2.75) is 18.4 Å². The van der Waals surface area contributed by atoms with Crippen LogP contribution in [0.3, 0.4) is 0 Å². The van der Waals surface area contributed by atoms with Crippen LogP contribution in [0, 0.1) is 0 Å². The molecule has 2 aliphatic rings. The van der Waals surface area contributed by atoms with Crippen molar-refractivity contribution in [3.63, 3.8) is 0 Å². The minimum Gasteiger partial charge on any atom is -0.356 e. The monoisotopic (exact) mass is 296 g/mol. The quantitative estimate of drug-likeness (QED) is 0.658. The van der Waals surface area contributed by atoms with Crippen LogP contribution in [0.4, 0.5) is 4.79 Å². The second kappa shape index (κ2) is 4.52. The maximum atomic E-state index is 12.3. The van der Waals surface area contributed by atoms with Gasteiger partial charge in [0, 0.05) is 12.7 Å². The summed E-state index contributed by atoms with van der Waals surface area (Å²) >= 11 is 5.78. The van der Waals surface area contributed by atoms with E-state index in [4.69, 9.17) is 11.6 Å². The molecule has 1 aromatic rings. The van der Waals surface area contributed by atoms with E-state index in [1.54, 1.807) is 11.0 Å². The first-order valence-corrected chi connectivity index (χ1v) is 6.65. The molecule has 8 heteroatoms. The first-order valence-electron chi connectivity index (χ1n) is 6.27. The predicted molar refractivity (Wildman–Crippen MR) is 70.3 cm³/mol. The van der Waals surface area contributed by atoms with E-state index >= 15 is 0 Å². The van der Waals surface area contributed by atoms with Gasteiger partial charge in [-0.3, -0.25) is 14.9 Å². The van der Waals surface area contributed by atoms with Crippen molar-refractivity contribution in [2.75, 3.05) is 13.1 Å². The molecule has 3 rings (SSSR count). The van der Waals surface area contributed by atoms with Crippen molar-refractivity contribution in [2.24, 2.45) is 0 Å². The lowest BCUT2D eigenvalue weighted by Gasteiger charge is -2.37. The van der Waals surface area contributed by atoms with E-state index in [1.807, 2.05) is 0 Å². The summed E-state index contributed by atoms with van der Waals surface area (Å²) in [5.74, 6) is -0.602. The third kappa shape index (κ3) is 2.03. The Morgan fingerprint density at radius 2 is 2.20 bits per heavy atom. The maximum absolute atomic E-state index is 12.3. The number of imide groups is 1. The summed E-state index contributed by atoms with van der Waals surface area (Å²) in [7, 11) is 0. The third-order valence-electron chi connectivity index (χ3n) is 3.67. The largest absolute Gasteiger partial charge is 0.356 e. The van der Waals surface area contributed by atoms with Crippen LogP contribution in [0.2, 0.25) is 5.02 Å². The lowest BCUT2D eigenvalue weighted by atomic mass is 9.89. The number of piperidine rings is 1. The van der Waals surface area contributed by atoms with Crippen LogP contribution in [0.5, 0.6) is 0 Å². The first kappa shape index (κ1) is 13.0. The molecule has 0 aliphatic carbocycles. The summed E-state index contributed by atoms with van der Waals surface area (Å²) in [6.45, 7) is 0.709. The molecule has 3 N–H and O–H groups in total. The molecule has 3 heterocycles. The van der Waals surface area contributed by atoms with Gasteiger partial charge in [0.15, 0.2) is 0 Å². The molecule has 0 aromatic carbocycles. The highest BCUT2D eigenvalue weighted by Gasteiger charge is 2.49. The molecule has 1 spiro atoms. The lowest BCUT2D eigenvalue weighted by molar-refractivity contribution is -0.125. The lowest BCUT2D eigenvalue weighted by Crippen LogP contribution is -2.59. The Bertz CT molecular complexity index is 599. The second-order valence-electron chi connectivity index (χ2n) is 5.05. The minimum absolute atomic E-state index is 0.167. The molecule has 0 saturated carbocycles. The molecule has 2 saturated heterocycles. The number of urea groups is 1. The van der Waals surface area contributed by atoms with Gasteiger partial charge in [-0.2, -0.15) is 0 Å². The highest BCUT2D eigenvalue weighted by atomic mass is 35.5. The third-order valence-corrected chi connectivity index (χ3v) is 3.89. The van der Waals surface area contributed by atoms with Gasteiger partial charge in [0.05, 0.1) is 11.6 Å². The number of likely N-dealkylation sites (tertiary alicyclic amines) is 1. The van der Waals surface area contributed by atoms with Gasteiger partial charge in [-0.05, 0) is 18.9 Å². The fourth-order valence-corrected chi connectivity index (χ4v) is 2.87. The number of carbonyl (C=O) groups excluding carboxylic acids is 3. The molecule has 2 aliphatic heterocycles. The van der Waals surface area contributed by atoms with Crippen molar-refractivity contribution >= 4 is 29.4 Å². The molecule has 1 unspecified atom stereocenters. The van der Waals surface area contributed by atoms with Gasteiger partial charge in [0.1, 0.15) is 11.2 Å². The summed E-state index contributed by atoms with van der Waals surface area (Å²) in [5.41, 5.74) is -0.627. The Kier molecular flexibility index (Phi) is 2.93. The number of nitrogens with zero attached hydrogens (tertiary/aromatic N) is 1. The predicted octanol–water partition coefficient (Wildman–Crippen LogP) is 0.482. The average Bonchev–Trinajstić information content (AvgIpc) is 2.94. The fourth-order valence-electron chi connectivity index (χ4n) is 2.71. The van der Waals surface area contributed by atoms with Gasteiger partial charge in [-0.15, -0.1) is 0 Å². The fraction of sp³-hybridized carbons (Fsp3) is 0.417.